The van der Waals surface area contributed by atoms with Gasteiger partial charge in [-0.3, -0.25) is 0 Å². The topological polar surface area (TPSA) is 84.8 Å². The molecule has 0 aliphatic heterocycles. The number of aromatic nitrogens is 2. The van der Waals surface area contributed by atoms with Crippen LogP contribution in [0.4, 0.5) is 5.69 Å². The Morgan fingerprint density at radius 2 is 2.11 bits per heavy atom. The molecule has 2 aromatic rings. The van der Waals surface area contributed by atoms with Crippen molar-refractivity contribution in [2.75, 3.05) is 5.73 Å². The number of nitrogens with zero attached hydrogens (tertiary/aromatic N) is 3. The first-order valence-electron chi connectivity index (χ1n) is 5.07. The maximum Gasteiger partial charge on any atom is 0.239 e. The average Bonchev–Trinajstić information content (AvgIpc) is 2.35. The number of benzene rings is 1. The number of hydrogen-bond acceptors (Lipinski definition) is 5. The van der Waals surface area contributed by atoms with E-state index in [9.17, 15) is 0 Å². The molecule has 0 saturated carbocycles. The molecule has 0 aliphatic carbocycles. The van der Waals surface area contributed by atoms with Gasteiger partial charge < -0.3 is 10.5 Å². The van der Waals surface area contributed by atoms with E-state index in [4.69, 9.17) is 15.7 Å². The van der Waals surface area contributed by atoms with Crippen molar-refractivity contribution in [1.29, 1.82) is 5.26 Å². The molecule has 0 radical (unpaired) electrons. The third kappa shape index (κ3) is 2.68. The van der Waals surface area contributed by atoms with Gasteiger partial charge in [-0.15, -0.1) is 5.10 Å². The standard InChI is InChI=1S/C12H9IN4O/c1-7-2-3-11(17-16-7)18-12-9(13)4-8(6-14)5-10(12)15/h2-5H,15H2,1H3. The van der Waals surface area contributed by atoms with Crippen LogP contribution in [0.1, 0.15) is 11.3 Å². The molecular formula is C12H9IN4O. The number of rotatable bonds is 2. The lowest BCUT2D eigenvalue weighted by atomic mass is 10.2. The van der Waals surface area contributed by atoms with Crippen LogP contribution in [0.15, 0.2) is 24.3 Å². The first-order valence-corrected chi connectivity index (χ1v) is 6.15. The number of nitrogen functional groups attached to an aromatic ring is 1. The third-order valence-electron chi connectivity index (χ3n) is 2.18. The molecule has 0 spiro atoms. The molecule has 1 aromatic heterocycles. The Balaban J connectivity index is 2.35. The highest BCUT2D eigenvalue weighted by Gasteiger charge is 2.10. The van der Waals surface area contributed by atoms with Crippen LogP contribution in [0.5, 0.6) is 11.6 Å². The minimum absolute atomic E-state index is 0.370. The van der Waals surface area contributed by atoms with E-state index in [-0.39, 0.29) is 0 Å². The molecule has 0 unspecified atom stereocenters. The lowest BCUT2D eigenvalue weighted by Crippen LogP contribution is -1.98. The highest BCUT2D eigenvalue weighted by atomic mass is 127. The predicted molar refractivity (Wildman–Crippen MR) is 75.1 cm³/mol. The maximum atomic E-state index is 8.83. The lowest BCUT2D eigenvalue weighted by Gasteiger charge is -2.09. The number of aryl methyl sites for hydroxylation is 1. The molecule has 5 nitrogen and oxygen atoms in total. The normalized spacial score (nSPS) is 9.83. The van der Waals surface area contributed by atoms with Gasteiger partial charge in [0.25, 0.3) is 0 Å². The molecule has 1 heterocycles. The first-order chi connectivity index (χ1) is 8.60. The smallest absolute Gasteiger partial charge is 0.239 e. The van der Waals surface area contributed by atoms with E-state index in [1.807, 2.05) is 13.0 Å². The summed E-state index contributed by atoms with van der Waals surface area (Å²) < 4.78 is 6.33. The third-order valence-corrected chi connectivity index (χ3v) is 2.98. The van der Waals surface area contributed by atoms with Gasteiger partial charge in [-0.2, -0.15) is 10.4 Å². The summed E-state index contributed by atoms with van der Waals surface area (Å²) in [5.74, 6) is 0.864. The lowest BCUT2D eigenvalue weighted by molar-refractivity contribution is 0.453. The van der Waals surface area contributed by atoms with E-state index in [1.165, 1.54) is 0 Å². The highest BCUT2D eigenvalue weighted by molar-refractivity contribution is 14.1. The summed E-state index contributed by atoms with van der Waals surface area (Å²) in [5, 5.41) is 16.6. The molecule has 0 aliphatic rings. The van der Waals surface area contributed by atoms with Crippen molar-refractivity contribution in [3.63, 3.8) is 0 Å². The summed E-state index contributed by atoms with van der Waals surface area (Å²) in [4.78, 5) is 0. The van der Waals surface area contributed by atoms with Crippen LogP contribution in [0.25, 0.3) is 0 Å². The van der Waals surface area contributed by atoms with Gasteiger partial charge in [0.2, 0.25) is 5.88 Å². The van der Waals surface area contributed by atoms with Gasteiger partial charge in [-0.1, -0.05) is 0 Å². The zero-order chi connectivity index (χ0) is 13.1. The molecule has 0 saturated heterocycles. The monoisotopic (exact) mass is 352 g/mol. The number of nitrogens with two attached hydrogens (primary N) is 1. The van der Waals surface area contributed by atoms with Crippen LogP contribution in [0.3, 0.4) is 0 Å². The highest BCUT2D eigenvalue weighted by Crippen LogP contribution is 2.32. The quantitative estimate of drug-likeness (QED) is 0.664. The molecule has 2 rings (SSSR count). The van der Waals surface area contributed by atoms with Gasteiger partial charge in [0, 0.05) is 6.07 Å². The Morgan fingerprint density at radius 3 is 2.67 bits per heavy atom. The molecule has 0 fully saturated rings. The van der Waals surface area contributed by atoms with Crippen molar-refractivity contribution in [3.05, 3.63) is 39.1 Å². The summed E-state index contributed by atoms with van der Waals surface area (Å²) >= 11 is 2.06. The minimum atomic E-state index is 0.370. The predicted octanol–water partition coefficient (Wildman–Crippen LogP) is 2.64. The second-order valence-electron chi connectivity index (χ2n) is 3.60. The Kier molecular flexibility index (Phi) is 3.62. The molecular weight excluding hydrogens is 343 g/mol. The van der Waals surface area contributed by atoms with Crippen molar-refractivity contribution >= 4 is 28.3 Å². The van der Waals surface area contributed by atoms with Crippen molar-refractivity contribution in [1.82, 2.24) is 10.2 Å². The largest absolute Gasteiger partial charge is 0.434 e. The molecule has 0 amide bonds. The van der Waals surface area contributed by atoms with Gasteiger partial charge in [0.05, 0.1) is 26.6 Å². The first kappa shape index (κ1) is 12.6. The van der Waals surface area contributed by atoms with Crippen LogP contribution in [0.2, 0.25) is 0 Å². The van der Waals surface area contributed by atoms with Crippen molar-refractivity contribution in [3.8, 4) is 17.7 Å². The molecule has 90 valence electrons. The Bertz CT molecular complexity index is 596. The molecule has 6 heteroatoms. The average molecular weight is 352 g/mol. The van der Waals surface area contributed by atoms with Gasteiger partial charge in [-0.05, 0) is 47.7 Å². The number of anilines is 1. The Morgan fingerprint density at radius 1 is 1.33 bits per heavy atom. The zero-order valence-electron chi connectivity index (χ0n) is 9.51. The fourth-order valence-corrected chi connectivity index (χ4v) is 2.09. The minimum Gasteiger partial charge on any atom is -0.434 e. The maximum absolute atomic E-state index is 8.83. The summed E-state index contributed by atoms with van der Waals surface area (Å²) in [5.41, 5.74) is 7.56. The van der Waals surface area contributed by atoms with Crippen LogP contribution in [-0.2, 0) is 0 Å². The van der Waals surface area contributed by atoms with E-state index < -0.39 is 0 Å². The van der Waals surface area contributed by atoms with Crippen molar-refractivity contribution in [2.24, 2.45) is 0 Å². The molecule has 2 N–H and O–H groups in total. The SMILES string of the molecule is Cc1ccc(Oc2c(N)cc(C#N)cc2I)nn1. The molecule has 18 heavy (non-hydrogen) atoms. The van der Waals surface area contributed by atoms with Crippen molar-refractivity contribution in [2.45, 2.75) is 6.92 Å². The van der Waals surface area contributed by atoms with E-state index in [0.29, 0.717) is 22.9 Å². The van der Waals surface area contributed by atoms with Gasteiger partial charge in [0.1, 0.15) is 0 Å². The second kappa shape index (κ2) is 5.18. The molecule has 0 bridgehead atoms. The van der Waals surface area contributed by atoms with Crippen LogP contribution < -0.4 is 10.5 Å². The fraction of sp³-hybridized carbons (Fsp3) is 0.0833. The number of nitriles is 1. The van der Waals surface area contributed by atoms with E-state index in [2.05, 4.69) is 32.8 Å². The number of halogens is 1. The van der Waals surface area contributed by atoms with Crippen LogP contribution in [-0.4, -0.2) is 10.2 Å². The number of ether oxygens (including phenoxy) is 1. The van der Waals surface area contributed by atoms with Crippen LogP contribution >= 0.6 is 22.6 Å². The van der Waals surface area contributed by atoms with Gasteiger partial charge in [-0.25, -0.2) is 0 Å². The molecule has 0 atom stereocenters. The van der Waals surface area contributed by atoms with Crippen molar-refractivity contribution < 1.29 is 4.74 Å². The van der Waals surface area contributed by atoms with Crippen LogP contribution in [0, 0.1) is 21.8 Å². The van der Waals surface area contributed by atoms with Gasteiger partial charge >= 0.3 is 0 Å². The van der Waals surface area contributed by atoms with E-state index >= 15 is 0 Å². The summed E-state index contributed by atoms with van der Waals surface area (Å²) in [7, 11) is 0. The zero-order valence-corrected chi connectivity index (χ0v) is 11.7. The molecule has 1 aromatic carbocycles. The van der Waals surface area contributed by atoms with Gasteiger partial charge in [0.15, 0.2) is 5.75 Å². The van der Waals surface area contributed by atoms with E-state index in [1.54, 1.807) is 24.3 Å². The Hall–Kier alpha value is -1.88. The fourth-order valence-electron chi connectivity index (χ4n) is 1.33. The number of hydrogen-bond donors (Lipinski definition) is 1. The van der Waals surface area contributed by atoms with E-state index in [0.717, 1.165) is 9.26 Å². The second-order valence-corrected chi connectivity index (χ2v) is 4.77. The summed E-state index contributed by atoms with van der Waals surface area (Å²) in [6.07, 6.45) is 0. The Labute approximate surface area is 118 Å². The summed E-state index contributed by atoms with van der Waals surface area (Å²) in [6, 6.07) is 8.83. The summed E-state index contributed by atoms with van der Waals surface area (Å²) in [6.45, 7) is 1.84.